The van der Waals surface area contributed by atoms with Gasteiger partial charge in [0, 0.05) is 20.2 Å². The van der Waals surface area contributed by atoms with Gasteiger partial charge in [0.25, 0.3) is 10.2 Å². The zero-order valence-electron chi connectivity index (χ0n) is 11.0. The first-order chi connectivity index (χ1) is 8.59. The summed E-state index contributed by atoms with van der Waals surface area (Å²) in [4.78, 5) is 0. The second kappa shape index (κ2) is 8.06. The third kappa shape index (κ3) is 5.62. The predicted octanol–water partition coefficient (Wildman–Crippen LogP) is -0.178. The summed E-state index contributed by atoms with van der Waals surface area (Å²) in [6.45, 7) is 1.78. The van der Waals surface area contributed by atoms with Gasteiger partial charge in [-0.05, 0) is 31.2 Å². The molecule has 7 heteroatoms. The maximum Gasteiger partial charge on any atom is 0.276 e. The summed E-state index contributed by atoms with van der Waals surface area (Å²) < 4.78 is 33.1. The van der Waals surface area contributed by atoms with Crippen LogP contribution in [0.2, 0.25) is 0 Å². The molecule has 1 rings (SSSR count). The monoisotopic (exact) mass is 279 g/mol. The van der Waals surface area contributed by atoms with E-state index in [0.717, 1.165) is 12.8 Å². The first kappa shape index (κ1) is 15.8. The Bertz CT molecular complexity index is 321. The Morgan fingerprint density at radius 3 is 2.50 bits per heavy atom. The van der Waals surface area contributed by atoms with Gasteiger partial charge < -0.3 is 10.5 Å². The summed E-state index contributed by atoms with van der Waals surface area (Å²) >= 11 is 0. The zero-order valence-corrected chi connectivity index (χ0v) is 11.8. The van der Waals surface area contributed by atoms with Crippen molar-refractivity contribution in [3.63, 3.8) is 0 Å². The lowest BCUT2D eigenvalue weighted by atomic mass is 9.79. The molecule has 0 spiro atoms. The summed E-state index contributed by atoms with van der Waals surface area (Å²) in [6.07, 6.45) is 4.54. The molecule has 0 aromatic heterocycles. The van der Waals surface area contributed by atoms with E-state index in [-0.39, 0.29) is 6.54 Å². The van der Waals surface area contributed by atoms with Crippen molar-refractivity contribution >= 4 is 10.2 Å². The lowest BCUT2D eigenvalue weighted by molar-refractivity contribution is 0.204. The number of nitrogens with one attached hydrogen (secondary N) is 2. The summed E-state index contributed by atoms with van der Waals surface area (Å²) in [6, 6.07) is 0. The highest BCUT2D eigenvalue weighted by atomic mass is 32.2. The summed E-state index contributed by atoms with van der Waals surface area (Å²) in [5, 5.41) is 0. The fourth-order valence-electron chi connectivity index (χ4n) is 2.41. The molecule has 1 aliphatic carbocycles. The molecule has 4 N–H and O–H groups in total. The molecular weight excluding hydrogens is 254 g/mol. The number of ether oxygens (including phenoxy) is 1. The third-order valence-electron chi connectivity index (χ3n) is 3.50. The lowest BCUT2D eigenvalue weighted by Gasteiger charge is -2.30. The quantitative estimate of drug-likeness (QED) is 0.537. The smallest absolute Gasteiger partial charge is 0.276 e. The number of hydrogen-bond acceptors (Lipinski definition) is 4. The van der Waals surface area contributed by atoms with Crippen LogP contribution in [0.15, 0.2) is 0 Å². The molecule has 0 aliphatic heterocycles. The Hall–Kier alpha value is -0.210. The zero-order chi connectivity index (χ0) is 13.4. The summed E-state index contributed by atoms with van der Waals surface area (Å²) in [5.41, 5.74) is 5.72. The van der Waals surface area contributed by atoms with E-state index in [2.05, 4.69) is 9.44 Å². The van der Waals surface area contributed by atoms with Crippen molar-refractivity contribution in [1.82, 2.24) is 9.44 Å². The van der Waals surface area contributed by atoms with Gasteiger partial charge in [-0.15, -0.1) is 0 Å². The van der Waals surface area contributed by atoms with Crippen molar-refractivity contribution in [2.75, 3.05) is 33.4 Å². The summed E-state index contributed by atoms with van der Waals surface area (Å²) in [5.74, 6) is 0.808. The molecule has 0 amide bonds. The van der Waals surface area contributed by atoms with Gasteiger partial charge in [0.1, 0.15) is 0 Å². The van der Waals surface area contributed by atoms with Crippen molar-refractivity contribution in [2.45, 2.75) is 25.7 Å². The van der Waals surface area contributed by atoms with Crippen LogP contribution in [0.4, 0.5) is 0 Å². The van der Waals surface area contributed by atoms with Crippen molar-refractivity contribution < 1.29 is 13.2 Å². The highest BCUT2D eigenvalue weighted by molar-refractivity contribution is 7.87. The van der Waals surface area contributed by atoms with Crippen LogP contribution in [-0.2, 0) is 14.9 Å². The summed E-state index contributed by atoms with van der Waals surface area (Å²) in [7, 11) is -1.87. The minimum atomic E-state index is -3.41. The Morgan fingerprint density at radius 1 is 1.22 bits per heavy atom. The molecule has 0 heterocycles. The fraction of sp³-hybridized carbons (Fsp3) is 1.00. The SMILES string of the molecule is COCCNS(=O)(=O)NCC1CCCCC1CN. The minimum absolute atomic E-state index is 0.289. The number of rotatable bonds is 8. The largest absolute Gasteiger partial charge is 0.383 e. The topological polar surface area (TPSA) is 93.4 Å². The van der Waals surface area contributed by atoms with Gasteiger partial charge in [-0.3, -0.25) is 0 Å². The van der Waals surface area contributed by atoms with Gasteiger partial charge in [-0.2, -0.15) is 13.1 Å². The van der Waals surface area contributed by atoms with Gasteiger partial charge in [0.05, 0.1) is 6.61 Å². The third-order valence-corrected chi connectivity index (χ3v) is 4.63. The average molecular weight is 279 g/mol. The Morgan fingerprint density at radius 2 is 1.89 bits per heavy atom. The van der Waals surface area contributed by atoms with Crippen molar-refractivity contribution in [3.8, 4) is 0 Å². The predicted molar refractivity (Wildman–Crippen MR) is 71.3 cm³/mol. The highest BCUT2D eigenvalue weighted by Crippen LogP contribution is 2.28. The van der Waals surface area contributed by atoms with Crippen LogP contribution >= 0.6 is 0 Å². The molecule has 6 nitrogen and oxygen atoms in total. The van der Waals surface area contributed by atoms with Crippen LogP contribution in [0.5, 0.6) is 0 Å². The number of methoxy groups -OCH3 is 1. The number of nitrogens with two attached hydrogens (primary N) is 1. The maximum absolute atomic E-state index is 11.6. The lowest BCUT2D eigenvalue weighted by Crippen LogP contribution is -2.43. The average Bonchev–Trinajstić information content (AvgIpc) is 2.37. The Balaban J connectivity index is 2.33. The van der Waals surface area contributed by atoms with Gasteiger partial charge in [-0.1, -0.05) is 12.8 Å². The first-order valence-corrected chi connectivity index (χ1v) is 8.00. The van der Waals surface area contributed by atoms with E-state index in [1.165, 1.54) is 20.0 Å². The van der Waals surface area contributed by atoms with Crippen LogP contribution in [-0.4, -0.2) is 41.8 Å². The Labute approximate surface area is 110 Å². The van der Waals surface area contributed by atoms with E-state index in [4.69, 9.17) is 10.5 Å². The first-order valence-electron chi connectivity index (χ1n) is 6.52. The van der Waals surface area contributed by atoms with Gasteiger partial charge >= 0.3 is 0 Å². The van der Waals surface area contributed by atoms with E-state index < -0.39 is 10.2 Å². The van der Waals surface area contributed by atoms with Gasteiger partial charge in [-0.25, -0.2) is 4.72 Å². The second-order valence-corrected chi connectivity index (χ2v) is 6.36. The molecule has 0 bridgehead atoms. The molecule has 0 radical (unpaired) electrons. The van der Waals surface area contributed by atoms with Crippen LogP contribution in [0.3, 0.4) is 0 Å². The molecule has 108 valence electrons. The maximum atomic E-state index is 11.6. The Kier molecular flexibility index (Phi) is 7.10. The van der Waals surface area contributed by atoms with E-state index in [1.54, 1.807) is 0 Å². The van der Waals surface area contributed by atoms with Gasteiger partial charge in [0.2, 0.25) is 0 Å². The molecule has 1 saturated carbocycles. The van der Waals surface area contributed by atoms with Crippen molar-refractivity contribution in [2.24, 2.45) is 17.6 Å². The van der Waals surface area contributed by atoms with Crippen LogP contribution in [0.25, 0.3) is 0 Å². The molecule has 0 saturated heterocycles. The molecule has 18 heavy (non-hydrogen) atoms. The molecule has 1 fully saturated rings. The molecule has 1 aliphatic rings. The minimum Gasteiger partial charge on any atom is -0.383 e. The van der Waals surface area contributed by atoms with Crippen molar-refractivity contribution in [3.05, 3.63) is 0 Å². The van der Waals surface area contributed by atoms with Crippen LogP contribution in [0, 0.1) is 11.8 Å². The van der Waals surface area contributed by atoms with E-state index in [9.17, 15) is 8.42 Å². The molecule has 0 aromatic rings. The molecule has 0 aromatic carbocycles. The molecule has 2 atom stereocenters. The van der Waals surface area contributed by atoms with Crippen molar-refractivity contribution in [1.29, 1.82) is 0 Å². The van der Waals surface area contributed by atoms with E-state index >= 15 is 0 Å². The normalized spacial score (nSPS) is 25.2. The highest BCUT2D eigenvalue weighted by Gasteiger charge is 2.25. The van der Waals surface area contributed by atoms with Crippen LogP contribution in [0.1, 0.15) is 25.7 Å². The van der Waals surface area contributed by atoms with Gasteiger partial charge in [0.15, 0.2) is 0 Å². The fourth-order valence-corrected chi connectivity index (χ4v) is 3.30. The standard InChI is InChI=1S/C11H25N3O3S/c1-17-7-6-13-18(15,16)14-9-11-5-3-2-4-10(11)8-12/h10-11,13-14H,2-9,12H2,1H3. The van der Waals surface area contributed by atoms with E-state index in [1.807, 2.05) is 0 Å². The molecule has 2 unspecified atom stereocenters. The van der Waals surface area contributed by atoms with Crippen LogP contribution < -0.4 is 15.2 Å². The number of hydrogen-bond donors (Lipinski definition) is 3. The molecular formula is C11H25N3O3S. The second-order valence-electron chi connectivity index (χ2n) is 4.78. The van der Waals surface area contributed by atoms with E-state index in [0.29, 0.717) is 31.5 Å².